The second-order valence-electron chi connectivity index (χ2n) is 8.55. The maximum atomic E-state index is 13.5. The monoisotopic (exact) mass is 543 g/mol. The molecule has 2 aromatic carbocycles. The lowest BCUT2D eigenvalue weighted by atomic mass is 10.1. The van der Waals surface area contributed by atoms with Crippen molar-refractivity contribution >= 4 is 50.7 Å². The molecular formula is C24H31Cl2N3O5S. The lowest BCUT2D eigenvalue weighted by Gasteiger charge is -2.32. The van der Waals surface area contributed by atoms with Gasteiger partial charge in [-0.3, -0.25) is 13.9 Å². The zero-order valence-electron chi connectivity index (χ0n) is 20.4. The number of carbonyl (C=O) groups excluding carboxylic acids is 2. The van der Waals surface area contributed by atoms with Crippen molar-refractivity contribution in [2.45, 2.75) is 33.4 Å². The number of halogens is 2. The van der Waals surface area contributed by atoms with Gasteiger partial charge in [0.2, 0.25) is 21.8 Å². The molecular weight excluding hydrogens is 513 g/mol. The fraction of sp³-hybridized carbons (Fsp3) is 0.417. The number of carbonyl (C=O) groups is 2. The Labute approximate surface area is 217 Å². The smallest absolute Gasteiger partial charge is 0.244 e. The fourth-order valence-electron chi connectivity index (χ4n) is 3.28. The maximum Gasteiger partial charge on any atom is 0.244 e. The van der Waals surface area contributed by atoms with Crippen LogP contribution in [0.25, 0.3) is 0 Å². The van der Waals surface area contributed by atoms with E-state index >= 15 is 0 Å². The van der Waals surface area contributed by atoms with Crippen LogP contribution in [0.3, 0.4) is 0 Å². The van der Waals surface area contributed by atoms with Crippen molar-refractivity contribution in [2.75, 3.05) is 30.8 Å². The van der Waals surface area contributed by atoms with E-state index in [0.717, 1.165) is 16.1 Å². The minimum absolute atomic E-state index is 0.0677. The standard InChI is InChI=1S/C24H31Cl2N3O5S/c1-16(2)13-27-24(31)17(3)28(14-18-7-6-8-20(11-18)34-4)23(30)15-29(35(5,32)33)22-10-9-19(25)12-21(22)26/h6-12,16-17H,13-15H2,1-5H3,(H,27,31)/t17-/m0/s1. The fourth-order valence-corrected chi connectivity index (χ4v) is 4.70. The van der Waals surface area contributed by atoms with Gasteiger partial charge in [-0.05, 0) is 48.7 Å². The number of anilines is 1. The van der Waals surface area contributed by atoms with Crippen LogP contribution in [0.5, 0.6) is 5.75 Å². The summed E-state index contributed by atoms with van der Waals surface area (Å²) >= 11 is 12.2. The van der Waals surface area contributed by atoms with Gasteiger partial charge in [-0.2, -0.15) is 0 Å². The Kier molecular flexibility index (Phi) is 10.2. The van der Waals surface area contributed by atoms with Crippen LogP contribution in [0.4, 0.5) is 5.69 Å². The van der Waals surface area contributed by atoms with Gasteiger partial charge in [0.05, 0.1) is 24.1 Å². The predicted molar refractivity (Wildman–Crippen MR) is 140 cm³/mol. The van der Waals surface area contributed by atoms with Crippen LogP contribution < -0.4 is 14.4 Å². The predicted octanol–water partition coefficient (Wildman–Crippen LogP) is 3.96. The van der Waals surface area contributed by atoms with Crippen molar-refractivity contribution in [2.24, 2.45) is 5.92 Å². The molecule has 0 bridgehead atoms. The Balaban J connectivity index is 2.41. The van der Waals surface area contributed by atoms with Gasteiger partial charge >= 0.3 is 0 Å². The Morgan fingerprint density at radius 1 is 1.09 bits per heavy atom. The molecule has 2 amide bonds. The molecule has 1 atom stereocenters. The van der Waals surface area contributed by atoms with E-state index in [-0.39, 0.29) is 29.1 Å². The summed E-state index contributed by atoms with van der Waals surface area (Å²) in [5.41, 5.74) is 0.835. The van der Waals surface area contributed by atoms with Gasteiger partial charge in [0.1, 0.15) is 18.3 Å². The molecule has 8 nitrogen and oxygen atoms in total. The average molecular weight is 545 g/mol. The van der Waals surface area contributed by atoms with Gasteiger partial charge in [0, 0.05) is 18.1 Å². The number of hydrogen-bond donors (Lipinski definition) is 1. The third-order valence-corrected chi connectivity index (χ3v) is 6.86. The first kappa shape index (κ1) is 28.7. The Hall–Kier alpha value is -2.49. The van der Waals surface area contributed by atoms with Gasteiger partial charge in [-0.15, -0.1) is 0 Å². The third-order valence-electron chi connectivity index (χ3n) is 5.20. The van der Waals surface area contributed by atoms with E-state index in [4.69, 9.17) is 27.9 Å². The minimum Gasteiger partial charge on any atom is -0.497 e. The van der Waals surface area contributed by atoms with Crippen LogP contribution in [0.15, 0.2) is 42.5 Å². The lowest BCUT2D eigenvalue weighted by Crippen LogP contribution is -2.51. The van der Waals surface area contributed by atoms with Crippen LogP contribution in [0.1, 0.15) is 26.3 Å². The lowest BCUT2D eigenvalue weighted by molar-refractivity contribution is -0.139. The van der Waals surface area contributed by atoms with Crippen LogP contribution in [-0.2, 0) is 26.2 Å². The molecule has 11 heteroatoms. The van der Waals surface area contributed by atoms with Gasteiger partial charge in [0.25, 0.3) is 0 Å². The van der Waals surface area contributed by atoms with Crippen molar-refractivity contribution in [3.8, 4) is 5.75 Å². The molecule has 192 valence electrons. The number of ether oxygens (including phenoxy) is 1. The molecule has 0 aliphatic heterocycles. The molecule has 0 unspecified atom stereocenters. The van der Waals surface area contributed by atoms with Crippen molar-refractivity contribution in [3.63, 3.8) is 0 Å². The van der Waals surface area contributed by atoms with Gasteiger partial charge in [0.15, 0.2) is 0 Å². The summed E-state index contributed by atoms with van der Waals surface area (Å²) in [6.45, 7) is 5.49. The number of methoxy groups -OCH3 is 1. The molecule has 0 radical (unpaired) electrons. The van der Waals surface area contributed by atoms with Gasteiger partial charge in [-0.1, -0.05) is 49.2 Å². The van der Waals surface area contributed by atoms with Crippen molar-refractivity contribution in [1.82, 2.24) is 10.2 Å². The molecule has 0 aliphatic carbocycles. The molecule has 0 saturated heterocycles. The largest absolute Gasteiger partial charge is 0.497 e. The van der Waals surface area contributed by atoms with Crippen LogP contribution in [0, 0.1) is 5.92 Å². The molecule has 2 aromatic rings. The Morgan fingerprint density at radius 2 is 1.77 bits per heavy atom. The highest BCUT2D eigenvalue weighted by Crippen LogP contribution is 2.30. The number of rotatable bonds is 11. The molecule has 1 N–H and O–H groups in total. The molecule has 2 rings (SSSR count). The van der Waals surface area contributed by atoms with Crippen molar-refractivity contribution in [3.05, 3.63) is 58.1 Å². The second kappa shape index (κ2) is 12.5. The molecule has 0 aromatic heterocycles. The molecule has 0 heterocycles. The first-order valence-electron chi connectivity index (χ1n) is 11.0. The number of sulfonamides is 1. The number of nitrogens with one attached hydrogen (secondary N) is 1. The molecule has 0 fully saturated rings. The quantitative estimate of drug-likeness (QED) is 0.462. The summed E-state index contributed by atoms with van der Waals surface area (Å²) in [4.78, 5) is 27.7. The van der Waals surface area contributed by atoms with E-state index < -0.39 is 28.5 Å². The summed E-state index contributed by atoms with van der Waals surface area (Å²) in [7, 11) is -2.36. The van der Waals surface area contributed by atoms with Crippen LogP contribution >= 0.6 is 23.2 Å². The molecule has 35 heavy (non-hydrogen) atoms. The molecule has 0 aliphatic rings. The van der Waals surface area contributed by atoms with Crippen molar-refractivity contribution in [1.29, 1.82) is 0 Å². The second-order valence-corrected chi connectivity index (χ2v) is 11.3. The summed E-state index contributed by atoms with van der Waals surface area (Å²) in [6.07, 6.45) is 0.983. The molecule has 0 spiro atoms. The number of nitrogens with zero attached hydrogens (tertiary/aromatic N) is 2. The summed E-state index contributed by atoms with van der Waals surface area (Å²) in [5.74, 6) is -0.0965. The van der Waals surface area contributed by atoms with E-state index in [1.807, 2.05) is 13.8 Å². The molecule has 0 saturated carbocycles. The van der Waals surface area contributed by atoms with E-state index in [1.54, 1.807) is 31.2 Å². The first-order valence-corrected chi connectivity index (χ1v) is 13.6. The topological polar surface area (TPSA) is 96.0 Å². The van der Waals surface area contributed by atoms with E-state index in [2.05, 4.69) is 5.32 Å². The van der Waals surface area contributed by atoms with Gasteiger partial charge in [-0.25, -0.2) is 8.42 Å². The number of amides is 2. The summed E-state index contributed by atoms with van der Waals surface area (Å²) < 4.78 is 31.4. The third kappa shape index (κ3) is 8.30. The maximum absolute atomic E-state index is 13.5. The Morgan fingerprint density at radius 3 is 2.34 bits per heavy atom. The minimum atomic E-state index is -3.90. The van der Waals surface area contributed by atoms with E-state index in [0.29, 0.717) is 17.3 Å². The summed E-state index contributed by atoms with van der Waals surface area (Å²) in [5, 5.41) is 3.24. The number of benzene rings is 2. The number of hydrogen-bond acceptors (Lipinski definition) is 5. The van der Waals surface area contributed by atoms with E-state index in [9.17, 15) is 18.0 Å². The highest BCUT2D eigenvalue weighted by atomic mass is 35.5. The Bertz CT molecular complexity index is 1160. The van der Waals surface area contributed by atoms with Gasteiger partial charge < -0.3 is 15.0 Å². The van der Waals surface area contributed by atoms with Crippen LogP contribution in [-0.4, -0.2) is 57.6 Å². The SMILES string of the molecule is COc1cccc(CN(C(=O)CN(c2ccc(Cl)cc2Cl)S(C)(=O)=O)[C@@H](C)C(=O)NCC(C)C)c1. The zero-order chi connectivity index (χ0) is 26.3. The highest BCUT2D eigenvalue weighted by Gasteiger charge is 2.31. The zero-order valence-corrected chi connectivity index (χ0v) is 22.7. The highest BCUT2D eigenvalue weighted by molar-refractivity contribution is 7.92. The average Bonchev–Trinajstić information content (AvgIpc) is 2.78. The van der Waals surface area contributed by atoms with E-state index in [1.165, 1.54) is 30.2 Å². The normalized spacial score (nSPS) is 12.2. The summed E-state index contributed by atoms with van der Waals surface area (Å²) in [6, 6.07) is 10.5. The first-order chi connectivity index (χ1) is 16.3. The van der Waals surface area contributed by atoms with Crippen molar-refractivity contribution < 1.29 is 22.7 Å². The van der Waals surface area contributed by atoms with Crippen LogP contribution in [0.2, 0.25) is 10.0 Å².